The molecule has 1 aromatic rings. The topological polar surface area (TPSA) is 67.3 Å². The van der Waals surface area contributed by atoms with Gasteiger partial charge in [0.1, 0.15) is 0 Å². The van der Waals surface area contributed by atoms with Crippen molar-refractivity contribution in [3.63, 3.8) is 0 Å². The van der Waals surface area contributed by atoms with Crippen molar-refractivity contribution in [3.8, 4) is 0 Å². The van der Waals surface area contributed by atoms with Gasteiger partial charge in [-0.1, -0.05) is 0 Å². The van der Waals surface area contributed by atoms with E-state index >= 15 is 0 Å². The molecule has 94 valence electrons. The van der Waals surface area contributed by atoms with Gasteiger partial charge in [0.05, 0.1) is 16.5 Å². The van der Waals surface area contributed by atoms with E-state index in [9.17, 15) is 13.2 Å². The maximum absolute atomic E-state index is 12.1. The van der Waals surface area contributed by atoms with Crippen molar-refractivity contribution in [2.24, 2.45) is 0 Å². The van der Waals surface area contributed by atoms with Crippen molar-refractivity contribution in [2.45, 2.75) is 19.1 Å². The van der Waals surface area contributed by atoms with Crippen LogP contribution in [-0.2, 0) is 9.84 Å². The standard InChI is InChI=1S/C10H14N2O3S2/c1-6-9(7(2)16-11-6)10(13)12-4-8(5-12)17(3,14)15/h8H,4-5H2,1-3H3. The molecule has 1 aliphatic rings. The van der Waals surface area contributed by atoms with Gasteiger partial charge in [0, 0.05) is 24.2 Å². The van der Waals surface area contributed by atoms with Gasteiger partial charge in [-0.15, -0.1) is 0 Å². The van der Waals surface area contributed by atoms with Gasteiger partial charge in [-0.3, -0.25) is 4.79 Å². The third kappa shape index (κ3) is 2.21. The Kier molecular flexibility index (Phi) is 2.99. The number of carbonyl (C=O) groups is 1. The molecule has 0 spiro atoms. The summed E-state index contributed by atoms with van der Waals surface area (Å²) in [6.07, 6.45) is 1.21. The minimum atomic E-state index is -3.03. The molecule has 0 unspecified atom stereocenters. The highest BCUT2D eigenvalue weighted by atomic mass is 32.2. The highest BCUT2D eigenvalue weighted by molar-refractivity contribution is 7.91. The first-order valence-electron chi connectivity index (χ1n) is 5.21. The lowest BCUT2D eigenvalue weighted by Crippen LogP contribution is -2.56. The van der Waals surface area contributed by atoms with Crippen molar-refractivity contribution in [3.05, 3.63) is 16.1 Å². The molecule has 5 nitrogen and oxygen atoms in total. The van der Waals surface area contributed by atoms with Crippen LogP contribution in [0.25, 0.3) is 0 Å². The maximum Gasteiger partial charge on any atom is 0.256 e. The Balaban J connectivity index is 2.11. The van der Waals surface area contributed by atoms with E-state index in [1.165, 1.54) is 17.8 Å². The highest BCUT2D eigenvalue weighted by Gasteiger charge is 2.38. The smallest absolute Gasteiger partial charge is 0.256 e. The van der Waals surface area contributed by atoms with Gasteiger partial charge in [-0.2, -0.15) is 4.37 Å². The molecule has 0 aliphatic carbocycles. The van der Waals surface area contributed by atoms with E-state index in [0.717, 1.165) is 10.6 Å². The molecule has 1 aliphatic heterocycles. The fraction of sp³-hybridized carbons (Fsp3) is 0.600. The average molecular weight is 274 g/mol. The molecule has 1 amide bonds. The van der Waals surface area contributed by atoms with Crippen molar-refractivity contribution in [2.75, 3.05) is 19.3 Å². The number of hydrogen-bond acceptors (Lipinski definition) is 5. The highest BCUT2D eigenvalue weighted by Crippen LogP contribution is 2.23. The molecule has 1 aromatic heterocycles. The van der Waals surface area contributed by atoms with E-state index in [-0.39, 0.29) is 5.91 Å². The molecule has 0 saturated carbocycles. The van der Waals surface area contributed by atoms with Crippen LogP contribution in [0.3, 0.4) is 0 Å². The summed E-state index contributed by atoms with van der Waals surface area (Å²) < 4.78 is 26.6. The fourth-order valence-electron chi connectivity index (χ4n) is 1.82. The Morgan fingerprint density at radius 3 is 2.41 bits per heavy atom. The van der Waals surface area contributed by atoms with E-state index in [4.69, 9.17) is 0 Å². The van der Waals surface area contributed by atoms with E-state index < -0.39 is 15.1 Å². The van der Waals surface area contributed by atoms with Crippen LogP contribution in [-0.4, -0.2) is 48.2 Å². The zero-order valence-corrected chi connectivity index (χ0v) is 11.6. The van der Waals surface area contributed by atoms with Gasteiger partial charge in [-0.25, -0.2) is 8.42 Å². The summed E-state index contributed by atoms with van der Waals surface area (Å²) in [5.74, 6) is -0.103. The quantitative estimate of drug-likeness (QED) is 0.793. The summed E-state index contributed by atoms with van der Waals surface area (Å²) in [7, 11) is -3.03. The van der Waals surface area contributed by atoms with Gasteiger partial charge in [0.25, 0.3) is 5.91 Å². The van der Waals surface area contributed by atoms with Gasteiger partial charge < -0.3 is 4.90 Å². The van der Waals surface area contributed by atoms with E-state index in [1.54, 1.807) is 11.8 Å². The summed E-state index contributed by atoms with van der Waals surface area (Å²) in [5.41, 5.74) is 1.35. The summed E-state index contributed by atoms with van der Waals surface area (Å²) in [6.45, 7) is 4.25. The fourth-order valence-corrected chi connectivity index (χ4v) is 3.41. The first-order chi connectivity index (χ1) is 7.80. The third-order valence-electron chi connectivity index (χ3n) is 2.99. The monoisotopic (exact) mass is 274 g/mol. The molecule has 7 heteroatoms. The van der Waals surface area contributed by atoms with Crippen molar-refractivity contribution in [1.29, 1.82) is 0 Å². The number of hydrogen-bond donors (Lipinski definition) is 0. The number of likely N-dealkylation sites (tertiary alicyclic amines) is 1. The predicted octanol–water partition coefficient (Wildman–Crippen LogP) is 0.629. The molecular weight excluding hydrogens is 260 g/mol. The molecule has 1 saturated heterocycles. The number of nitrogens with zero attached hydrogens (tertiary/aromatic N) is 2. The lowest BCUT2D eigenvalue weighted by atomic mass is 10.1. The maximum atomic E-state index is 12.1. The van der Waals surface area contributed by atoms with Crippen LogP contribution in [0.2, 0.25) is 0 Å². The SMILES string of the molecule is Cc1nsc(C)c1C(=O)N1CC(S(C)(=O)=O)C1. The molecule has 17 heavy (non-hydrogen) atoms. The number of sulfone groups is 1. The summed E-state index contributed by atoms with van der Waals surface area (Å²) in [4.78, 5) is 14.5. The van der Waals surface area contributed by atoms with Gasteiger partial charge >= 0.3 is 0 Å². The van der Waals surface area contributed by atoms with Crippen LogP contribution in [0.5, 0.6) is 0 Å². The molecule has 0 atom stereocenters. The molecule has 2 heterocycles. The van der Waals surface area contributed by atoms with Crippen molar-refractivity contribution in [1.82, 2.24) is 9.27 Å². The Bertz CT molecular complexity index is 537. The average Bonchev–Trinajstić information content (AvgIpc) is 2.40. The largest absolute Gasteiger partial charge is 0.336 e. The van der Waals surface area contributed by atoms with Gasteiger partial charge in [-0.05, 0) is 25.4 Å². The number of carbonyl (C=O) groups excluding carboxylic acids is 1. The minimum Gasteiger partial charge on any atom is -0.336 e. The van der Waals surface area contributed by atoms with E-state index in [2.05, 4.69) is 4.37 Å². The van der Waals surface area contributed by atoms with Crippen LogP contribution < -0.4 is 0 Å². The molecule has 0 radical (unpaired) electrons. The minimum absolute atomic E-state index is 0.103. The van der Waals surface area contributed by atoms with Crippen LogP contribution >= 0.6 is 11.5 Å². The third-order valence-corrected chi connectivity index (χ3v) is 5.34. The Morgan fingerprint density at radius 2 is 2.00 bits per heavy atom. The summed E-state index contributed by atoms with van der Waals surface area (Å²) in [5, 5.41) is -0.404. The molecule has 2 rings (SSSR count). The molecule has 0 bridgehead atoms. The number of amides is 1. The molecule has 1 fully saturated rings. The van der Waals surface area contributed by atoms with E-state index in [1.807, 2.05) is 6.92 Å². The zero-order valence-electron chi connectivity index (χ0n) is 9.93. The van der Waals surface area contributed by atoms with Gasteiger partial charge in [0.15, 0.2) is 9.84 Å². The van der Waals surface area contributed by atoms with Crippen LogP contribution in [0.4, 0.5) is 0 Å². The Labute approximate surface area is 105 Å². The van der Waals surface area contributed by atoms with Crippen molar-refractivity contribution >= 4 is 27.3 Å². The van der Waals surface area contributed by atoms with Crippen LogP contribution in [0.15, 0.2) is 0 Å². The summed E-state index contributed by atoms with van der Waals surface area (Å²) >= 11 is 1.30. The Hall–Kier alpha value is -0.950. The second-order valence-corrected chi connectivity index (χ2v) is 7.66. The first-order valence-corrected chi connectivity index (χ1v) is 7.94. The second-order valence-electron chi connectivity index (χ2n) is 4.36. The predicted molar refractivity (Wildman–Crippen MR) is 66.1 cm³/mol. The zero-order chi connectivity index (χ0) is 12.8. The molecule has 0 aromatic carbocycles. The lowest BCUT2D eigenvalue weighted by molar-refractivity contribution is 0.0658. The van der Waals surface area contributed by atoms with Crippen LogP contribution in [0.1, 0.15) is 20.9 Å². The number of rotatable bonds is 2. The first kappa shape index (κ1) is 12.5. The van der Waals surface area contributed by atoms with Gasteiger partial charge in [0.2, 0.25) is 0 Å². The molecule has 0 N–H and O–H groups in total. The Morgan fingerprint density at radius 1 is 1.41 bits per heavy atom. The van der Waals surface area contributed by atoms with Crippen molar-refractivity contribution < 1.29 is 13.2 Å². The second kappa shape index (κ2) is 4.06. The number of aromatic nitrogens is 1. The summed E-state index contributed by atoms with van der Waals surface area (Å²) in [6, 6.07) is 0. The normalized spacial score (nSPS) is 17.0. The van der Waals surface area contributed by atoms with Crippen LogP contribution in [0, 0.1) is 13.8 Å². The van der Waals surface area contributed by atoms with E-state index in [0.29, 0.717) is 18.7 Å². The lowest BCUT2D eigenvalue weighted by Gasteiger charge is -2.37. The number of aryl methyl sites for hydroxylation is 2. The molecular formula is C10H14N2O3S2.